The fourth-order valence-electron chi connectivity index (χ4n) is 3.68. The molecule has 0 saturated carbocycles. The third-order valence-corrected chi connectivity index (χ3v) is 6.27. The zero-order chi connectivity index (χ0) is 20.5. The number of nitrogens with zero attached hydrogens (tertiary/aromatic N) is 3. The zero-order valence-electron chi connectivity index (χ0n) is 16.4. The smallest absolute Gasteiger partial charge is 0.336 e. The Morgan fingerprint density at radius 3 is 2.63 bits per heavy atom. The maximum atomic E-state index is 12.1. The van der Waals surface area contributed by atoms with Gasteiger partial charge in [-0.3, -0.25) is 0 Å². The monoisotopic (exact) mass is 413 g/mol. The van der Waals surface area contributed by atoms with Crippen LogP contribution in [0.3, 0.4) is 0 Å². The molecular formula is C24H19N3O2S. The van der Waals surface area contributed by atoms with Gasteiger partial charge < -0.3 is 8.98 Å². The minimum absolute atomic E-state index is 0.337. The summed E-state index contributed by atoms with van der Waals surface area (Å²) in [4.78, 5) is 12.1. The van der Waals surface area contributed by atoms with Crippen LogP contribution in [0.15, 0.2) is 87.2 Å². The number of fused-ring (bicyclic) bond motifs is 3. The topological polar surface area (TPSA) is 60.9 Å². The summed E-state index contributed by atoms with van der Waals surface area (Å²) in [6.07, 6.45) is 0.730. The average Bonchev–Trinajstić information content (AvgIpc) is 3.11. The van der Waals surface area contributed by atoms with E-state index in [0.717, 1.165) is 39.1 Å². The Hall–Kier alpha value is -3.38. The van der Waals surface area contributed by atoms with Crippen LogP contribution in [-0.2, 0) is 19.2 Å². The van der Waals surface area contributed by atoms with Gasteiger partial charge >= 0.3 is 5.63 Å². The van der Waals surface area contributed by atoms with E-state index in [1.807, 2.05) is 54.1 Å². The molecule has 30 heavy (non-hydrogen) atoms. The van der Waals surface area contributed by atoms with Crippen molar-refractivity contribution in [1.82, 2.24) is 14.8 Å². The van der Waals surface area contributed by atoms with Crippen LogP contribution in [0.1, 0.15) is 17.0 Å². The molecule has 0 aliphatic carbocycles. The number of benzene rings is 3. The second kappa shape index (κ2) is 7.80. The van der Waals surface area contributed by atoms with E-state index in [0.29, 0.717) is 11.3 Å². The molecule has 5 rings (SSSR count). The van der Waals surface area contributed by atoms with E-state index in [2.05, 4.69) is 34.5 Å². The quantitative estimate of drug-likeness (QED) is 0.232. The molecule has 0 aliphatic heterocycles. The summed E-state index contributed by atoms with van der Waals surface area (Å²) in [7, 11) is 1.98. The van der Waals surface area contributed by atoms with Crippen molar-refractivity contribution in [3.63, 3.8) is 0 Å². The van der Waals surface area contributed by atoms with Crippen molar-refractivity contribution in [3.8, 4) is 0 Å². The highest BCUT2D eigenvalue weighted by Gasteiger charge is 2.13. The number of aromatic nitrogens is 3. The molecule has 5 aromatic rings. The lowest BCUT2D eigenvalue weighted by Gasteiger charge is -2.09. The van der Waals surface area contributed by atoms with Gasteiger partial charge in [0.25, 0.3) is 0 Å². The van der Waals surface area contributed by atoms with Crippen molar-refractivity contribution >= 4 is 33.5 Å². The molecule has 3 aromatic carbocycles. The molecule has 0 radical (unpaired) electrons. The van der Waals surface area contributed by atoms with E-state index in [1.54, 1.807) is 17.8 Å². The largest absolute Gasteiger partial charge is 0.423 e. The molecule has 0 atom stereocenters. The van der Waals surface area contributed by atoms with Gasteiger partial charge in [0.1, 0.15) is 11.4 Å². The lowest BCUT2D eigenvalue weighted by Crippen LogP contribution is -2.02. The molecule has 2 aromatic heterocycles. The molecule has 0 fully saturated rings. The maximum absolute atomic E-state index is 12.1. The van der Waals surface area contributed by atoms with Crippen molar-refractivity contribution in [2.24, 2.45) is 7.05 Å². The van der Waals surface area contributed by atoms with Gasteiger partial charge in [0.15, 0.2) is 5.16 Å². The first kappa shape index (κ1) is 18.6. The normalized spacial score (nSPS) is 11.4. The molecular weight excluding hydrogens is 394 g/mol. The van der Waals surface area contributed by atoms with Gasteiger partial charge in [-0.25, -0.2) is 4.79 Å². The third kappa shape index (κ3) is 3.50. The Labute approximate surface area is 177 Å². The highest BCUT2D eigenvalue weighted by Crippen LogP contribution is 2.31. The second-order valence-corrected chi connectivity index (χ2v) is 8.10. The van der Waals surface area contributed by atoms with Crippen LogP contribution in [-0.4, -0.2) is 14.8 Å². The minimum Gasteiger partial charge on any atom is -0.423 e. The van der Waals surface area contributed by atoms with Crippen molar-refractivity contribution < 1.29 is 4.42 Å². The lowest BCUT2D eigenvalue weighted by atomic mass is 10.0. The summed E-state index contributed by atoms with van der Waals surface area (Å²) in [5.74, 6) is 1.51. The molecule has 5 nitrogen and oxygen atoms in total. The van der Waals surface area contributed by atoms with Crippen LogP contribution >= 0.6 is 11.8 Å². The van der Waals surface area contributed by atoms with Gasteiger partial charge in [-0.1, -0.05) is 72.4 Å². The van der Waals surface area contributed by atoms with Gasteiger partial charge in [0.05, 0.1) is 0 Å². The Morgan fingerprint density at radius 2 is 1.77 bits per heavy atom. The SMILES string of the molecule is Cn1c(Cc2ccccc2)nnc1SCc1cc(=O)oc2ccc3ccccc3c12. The fraction of sp³-hybridized carbons (Fsp3) is 0.125. The van der Waals surface area contributed by atoms with Crippen LogP contribution in [0.2, 0.25) is 0 Å². The molecule has 0 saturated heterocycles. The molecule has 0 spiro atoms. The lowest BCUT2D eigenvalue weighted by molar-refractivity contribution is 0.560. The summed E-state index contributed by atoms with van der Waals surface area (Å²) in [5.41, 5.74) is 2.41. The third-order valence-electron chi connectivity index (χ3n) is 5.20. The van der Waals surface area contributed by atoms with Crippen LogP contribution < -0.4 is 5.63 Å². The summed E-state index contributed by atoms with van der Waals surface area (Å²) in [5, 5.41) is 12.7. The van der Waals surface area contributed by atoms with Crippen LogP contribution in [0.25, 0.3) is 21.7 Å². The molecule has 0 bridgehead atoms. The van der Waals surface area contributed by atoms with Gasteiger partial charge in [-0.2, -0.15) is 0 Å². The highest BCUT2D eigenvalue weighted by molar-refractivity contribution is 7.98. The first-order chi connectivity index (χ1) is 14.7. The van der Waals surface area contributed by atoms with E-state index >= 15 is 0 Å². The van der Waals surface area contributed by atoms with Gasteiger partial charge in [0.2, 0.25) is 0 Å². The molecule has 2 heterocycles. The average molecular weight is 414 g/mol. The summed E-state index contributed by atoms with van der Waals surface area (Å²) < 4.78 is 7.48. The first-order valence-corrected chi connectivity index (χ1v) is 10.7. The molecule has 0 aliphatic rings. The maximum Gasteiger partial charge on any atom is 0.336 e. The van der Waals surface area contributed by atoms with Crippen LogP contribution in [0.4, 0.5) is 0 Å². The Morgan fingerprint density at radius 1 is 0.967 bits per heavy atom. The molecule has 0 unspecified atom stereocenters. The van der Waals surface area contributed by atoms with Crippen molar-refractivity contribution in [1.29, 1.82) is 0 Å². The van der Waals surface area contributed by atoms with E-state index in [9.17, 15) is 4.79 Å². The van der Waals surface area contributed by atoms with E-state index in [4.69, 9.17) is 4.42 Å². The Balaban J connectivity index is 1.47. The molecule has 148 valence electrons. The first-order valence-electron chi connectivity index (χ1n) is 9.68. The Bertz CT molecular complexity index is 1410. The zero-order valence-corrected chi connectivity index (χ0v) is 17.2. The van der Waals surface area contributed by atoms with Crippen LogP contribution in [0.5, 0.6) is 0 Å². The predicted octanol–water partition coefficient (Wildman–Crippen LogP) is 4.96. The highest BCUT2D eigenvalue weighted by atomic mass is 32.2. The molecule has 0 N–H and O–H groups in total. The number of hydrogen-bond acceptors (Lipinski definition) is 5. The van der Waals surface area contributed by atoms with E-state index in [-0.39, 0.29) is 5.63 Å². The number of hydrogen-bond donors (Lipinski definition) is 0. The summed E-state index contributed by atoms with van der Waals surface area (Å²) in [6.45, 7) is 0. The molecule has 0 amide bonds. The summed E-state index contributed by atoms with van der Waals surface area (Å²) in [6, 6.07) is 23.8. The van der Waals surface area contributed by atoms with Crippen molar-refractivity contribution in [2.45, 2.75) is 17.3 Å². The Kier molecular flexibility index (Phi) is 4.85. The number of thioether (sulfide) groups is 1. The predicted molar refractivity (Wildman–Crippen MR) is 120 cm³/mol. The van der Waals surface area contributed by atoms with Gasteiger partial charge in [0, 0.05) is 30.7 Å². The second-order valence-electron chi connectivity index (χ2n) is 7.16. The standard InChI is InChI=1S/C24H19N3O2S/c1-27-21(13-16-7-3-2-4-8-16)25-26-24(27)30-15-18-14-22(28)29-20-12-11-17-9-5-6-10-19(17)23(18)20/h2-12,14H,13,15H2,1H3. The van der Waals surface area contributed by atoms with E-state index in [1.165, 1.54) is 5.56 Å². The van der Waals surface area contributed by atoms with Crippen LogP contribution in [0, 0.1) is 0 Å². The van der Waals surface area contributed by atoms with E-state index < -0.39 is 0 Å². The van der Waals surface area contributed by atoms with Crippen molar-refractivity contribution in [3.05, 3.63) is 100 Å². The number of rotatable bonds is 5. The fourth-order valence-corrected chi connectivity index (χ4v) is 4.59. The van der Waals surface area contributed by atoms with Gasteiger partial charge in [-0.15, -0.1) is 10.2 Å². The molecule has 6 heteroatoms. The van der Waals surface area contributed by atoms with Crippen molar-refractivity contribution in [2.75, 3.05) is 0 Å². The summed E-state index contributed by atoms with van der Waals surface area (Å²) >= 11 is 1.57. The minimum atomic E-state index is -0.337. The van der Waals surface area contributed by atoms with Gasteiger partial charge in [-0.05, 0) is 28.0 Å².